The summed E-state index contributed by atoms with van der Waals surface area (Å²) in [4.78, 5) is 32.3. The summed E-state index contributed by atoms with van der Waals surface area (Å²) in [6.45, 7) is 1.76. The van der Waals surface area contributed by atoms with Crippen LogP contribution in [0.25, 0.3) is 0 Å². The van der Waals surface area contributed by atoms with Crippen LogP contribution in [0.3, 0.4) is 0 Å². The Labute approximate surface area is 195 Å². The maximum Gasteiger partial charge on any atom is 0.327 e. The number of nitrogens with zero attached hydrogens (tertiary/aromatic N) is 5. The monoisotopic (exact) mass is 461 g/mol. The number of carbonyl (C=O) groups is 1. The van der Waals surface area contributed by atoms with Gasteiger partial charge < -0.3 is 15.0 Å². The molecule has 0 unspecified atom stereocenters. The highest BCUT2D eigenvalue weighted by Gasteiger charge is 2.11. The highest BCUT2D eigenvalue weighted by atomic mass is 32.1. The fraction of sp³-hybridized carbons (Fsp3) is 0.174. The van der Waals surface area contributed by atoms with Gasteiger partial charge in [0.05, 0.1) is 6.42 Å². The predicted molar refractivity (Wildman–Crippen MR) is 130 cm³/mol. The van der Waals surface area contributed by atoms with Crippen LogP contribution in [-0.4, -0.2) is 39.9 Å². The topological polar surface area (TPSA) is 105 Å². The number of anilines is 4. The van der Waals surface area contributed by atoms with Crippen molar-refractivity contribution in [3.63, 3.8) is 0 Å². The molecule has 1 amide bonds. The van der Waals surface area contributed by atoms with Crippen molar-refractivity contribution in [1.29, 1.82) is 0 Å². The zero-order valence-electron chi connectivity index (χ0n) is 18.4. The minimum absolute atomic E-state index is 0.108. The van der Waals surface area contributed by atoms with Crippen LogP contribution in [0, 0.1) is 6.92 Å². The number of hydrogen-bond donors (Lipinski definition) is 2. The summed E-state index contributed by atoms with van der Waals surface area (Å²) >= 11 is 1.36. The van der Waals surface area contributed by atoms with E-state index in [0.717, 1.165) is 16.3 Å². The minimum Gasteiger partial charge on any atom is -0.424 e. The average Bonchev–Trinajstić information content (AvgIpc) is 3.20. The van der Waals surface area contributed by atoms with E-state index in [1.165, 1.54) is 11.3 Å². The summed E-state index contributed by atoms with van der Waals surface area (Å²) < 4.78 is 5.80. The van der Waals surface area contributed by atoms with Gasteiger partial charge in [-0.05, 0) is 43.3 Å². The molecule has 10 heteroatoms. The SMILES string of the molecule is Cc1nc(Nc2ncc(CC(=O)Nc3ccccc3)s2)nc(Oc2ccc(N(C)C)cc2)n1. The fourth-order valence-electron chi connectivity index (χ4n) is 2.90. The van der Waals surface area contributed by atoms with Gasteiger partial charge in [0.25, 0.3) is 0 Å². The lowest BCUT2D eigenvalue weighted by atomic mass is 10.3. The quantitative estimate of drug-likeness (QED) is 0.397. The molecule has 33 heavy (non-hydrogen) atoms. The van der Waals surface area contributed by atoms with Crippen molar-refractivity contribution in [2.45, 2.75) is 13.3 Å². The van der Waals surface area contributed by atoms with Gasteiger partial charge in [0, 0.05) is 36.5 Å². The number of aromatic nitrogens is 4. The summed E-state index contributed by atoms with van der Waals surface area (Å²) in [6.07, 6.45) is 1.89. The molecule has 2 heterocycles. The van der Waals surface area contributed by atoms with E-state index >= 15 is 0 Å². The van der Waals surface area contributed by atoms with Gasteiger partial charge in [-0.2, -0.15) is 15.0 Å². The average molecular weight is 462 g/mol. The number of nitrogens with one attached hydrogen (secondary N) is 2. The van der Waals surface area contributed by atoms with Crippen molar-refractivity contribution in [3.05, 3.63) is 71.5 Å². The third-order valence-corrected chi connectivity index (χ3v) is 5.37. The molecule has 2 aromatic carbocycles. The molecule has 4 rings (SSSR count). The maximum atomic E-state index is 12.3. The van der Waals surface area contributed by atoms with Crippen molar-refractivity contribution < 1.29 is 9.53 Å². The lowest BCUT2D eigenvalue weighted by molar-refractivity contribution is -0.115. The number of hydrogen-bond acceptors (Lipinski definition) is 9. The molecule has 0 radical (unpaired) electrons. The molecule has 2 N–H and O–H groups in total. The molecule has 0 fully saturated rings. The number of aryl methyl sites for hydroxylation is 1. The Hall–Kier alpha value is -4.05. The molecular formula is C23H23N7O2S. The van der Waals surface area contributed by atoms with E-state index < -0.39 is 0 Å². The Kier molecular flexibility index (Phi) is 6.75. The molecule has 0 aliphatic carbocycles. The van der Waals surface area contributed by atoms with E-state index in [4.69, 9.17) is 4.74 Å². The van der Waals surface area contributed by atoms with Gasteiger partial charge in [-0.3, -0.25) is 10.1 Å². The Balaban J connectivity index is 1.39. The zero-order chi connectivity index (χ0) is 23.2. The molecule has 0 saturated carbocycles. The number of rotatable bonds is 8. The second-order valence-electron chi connectivity index (χ2n) is 7.33. The number of para-hydroxylation sites is 1. The van der Waals surface area contributed by atoms with Crippen molar-refractivity contribution in [2.24, 2.45) is 0 Å². The van der Waals surface area contributed by atoms with E-state index in [-0.39, 0.29) is 18.3 Å². The van der Waals surface area contributed by atoms with Crippen LogP contribution in [0.4, 0.5) is 22.5 Å². The van der Waals surface area contributed by atoms with Crippen molar-refractivity contribution in [1.82, 2.24) is 19.9 Å². The third-order valence-electron chi connectivity index (χ3n) is 4.45. The Bertz CT molecular complexity index is 1230. The van der Waals surface area contributed by atoms with Gasteiger partial charge >= 0.3 is 6.01 Å². The summed E-state index contributed by atoms with van der Waals surface area (Å²) in [5.41, 5.74) is 1.82. The lowest BCUT2D eigenvalue weighted by Gasteiger charge is -2.12. The van der Waals surface area contributed by atoms with Gasteiger partial charge in [0.15, 0.2) is 5.13 Å². The van der Waals surface area contributed by atoms with E-state index in [2.05, 4.69) is 30.6 Å². The normalized spacial score (nSPS) is 10.5. The first-order valence-electron chi connectivity index (χ1n) is 10.2. The van der Waals surface area contributed by atoms with E-state index in [9.17, 15) is 4.79 Å². The summed E-state index contributed by atoms with van der Waals surface area (Å²) in [7, 11) is 3.95. The van der Waals surface area contributed by atoms with E-state index in [0.29, 0.717) is 22.7 Å². The third kappa shape index (κ3) is 6.23. The minimum atomic E-state index is -0.108. The Morgan fingerprint density at radius 3 is 2.52 bits per heavy atom. The lowest BCUT2D eigenvalue weighted by Crippen LogP contribution is -2.13. The molecule has 0 spiro atoms. The number of ether oxygens (including phenoxy) is 1. The van der Waals surface area contributed by atoms with Crippen LogP contribution in [0.1, 0.15) is 10.7 Å². The molecule has 0 aliphatic rings. The molecule has 9 nitrogen and oxygen atoms in total. The standard InChI is InChI=1S/C23H23N7O2S/c1-15-25-21(28-22(26-15)32-18-11-9-17(10-12-18)30(2)3)29-23-24-14-19(33-23)13-20(31)27-16-7-5-4-6-8-16/h4-12,14H,13H2,1-3H3,(H,27,31)(H,24,25,26,28,29). The first kappa shape index (κ1) is 22.2. The highest BCUT2D eigenvalue weighted by molar-refractivity contribution is 7.15. The van der Waals surface area contributed by atoms with Crippen molar-refractivity contribution in [3.8, 4) is 11.8 Å². The maximum absolute atomic E-state index is 12.3. The summed E-state index contributed by atoms with van der Waals surface area (Å²) in [6, 6.07) is 17.1. The Morgan fingerprint density at radius 2 is 1.79 bits per heavy atom. The van der Waals surface area contributed by atoms with Crippen molar-refractivity contribution >= 4 is 39.7 Å². The molecule has 0 atom stereocenters. The molecule has 0 aliphatic heterocycles. The van der Waals surface area contributed by atoms with Gasteiger partial charge in [-0.25, -0.2) is 4.98 Å². The van der Waals surface area contributed by atoms with Gasteiger partial charge in [-0.15, -0.1) is 11.3 Å². The first-order valence-corrected chi connectivity index (χ1v) is 11.0. The smallest absolute Gasteiger partial charge is 0.327 e. The summed E-state index contributed by atoms with van der Waals surface area (Å²) in [5, 5.41) is 6.50. The molecule has 2 aromatic heterocycles. The molecular weight excluding hydrogens is 438 g/mol. The van der Waals surface area contributed by atoms with E-state index in [1.807, 2.05) is 73.6 Å². The number of benzene rings is 2. The van der Waals surface area contributed by atoms with Crippen LogP contribution >= 0.6 is 11.3 Å². The van der Waals surface area contributed by atoms with Gasteiger partial charge in [-0.1, -0.05) is 18.2 Å². The van der Waals surface area contributed by atoms with Crippen LogP contribution in [0.15, 0.2) is 60.8 Å². The Morgan fingerprint density at radius 1 is 1.03 bits per heavy atom. The largest absolute Gasteiger partial charge is 0.424 e. The predicted octanol–water partition coefficient (Wildman–Crippen LogP) is 4.42. The fourth-order valence-corrected chi connectivity index (χ4v) is 3.71. The highest BCUT2D eigenvalue weighted by Crippen LogP contribution is 2.25. The number of amides is 1. The van der Waals surface area contributed by atoms with Gasteiger partial charge in [0.1, 0.15) is 11.6 Å². The number of thiazole rings is 1. The van der Waals surface area contributed by atoms with Crippen LogP contribution in [-0.2, 0) is 11.2 Å². The first-order chi connectivity index (χ1) is 15.9. The van der Waals surface area contributed by atoms with Crippen LogP contribution in [0.2, 0.25) is 0 Å². The van der Waals surface area contributed by atoms with Crippen molar-refractivity contribution in [2.75, 3.05) is 29.6 Å². The van der Waals surface area contributed by atoms with Crippen LogP contribution < -0.4 is 20.3 Å². The van der Waals surface area contributed by atoms with E-state index in [1.54, 1.807) is 13.1 Å². The second-order valence-corrected chi connectivity index (χ2v) is 8.44. The molecule has 0 saturated heterocycles. The second kappa shape index (κ2) is 10.0. The van der Waals surface area contributed by atoms with Gasteiger partial charge in [0.2, 0.25) is 11.9 Å². The molecule has 4 aromatic rings. The molecule has 168 valence electrons. The summed E-state index contributed by atoms with van der Waals surface area (Å²) in [5.74, 6) is 1.34. The molecule has 0 bridgehead atoms. The van der Waals surface area contributed by atoms with Crippen LogP contribution in [0.5, 0.6) is 11.8 Å². The zero-order valence-corrected chi connectivity index (χ0v) is 19.3. The number of carbonyl (C=O) groups excluding carboxylic acids is 1.